The molecule has 2 aromatic carbocycles. The van der Waals surface area contributed by atoms with Crippen molar-refractivity contribution in [3.05, 3.63) is 64.4 Å². The molecule has 33 heavy (non-hydrogen) atoms. The number of aliphatic hydroxyl groups is 1. The minimum atomic E-state index is -0.850. The Morgan fingerprint density at radius 3 is 2.61 bits per heavy atom. The van der Waals surface area contributed by atoms with Crippen LogP contribution in [0.2, 0.25) is 0 Å². The lowest BCUT2D eigenvalue weighted by atomic mass is 10.0. The molecule has 0 bridgehead atoms. The van der Waals surface area contributed by atoms with Crippen LogP contribution >= 0.6 is 24.4 Å². The summed E-state index contributed by atoms with van der Waals surface area (Å²) < 4.78 is 0. The average Bonchev–Trinajstić information content (AvgIpc) is 2.78. The standard InChI is InChI=1S/C23H25N5O3S2/c1-23(2,12-24-22(33)27-15-5-3-14(4-6-15)25-13-32)26-11-19(30)16-7-9-18(29)21-17(16)8-10-20(31)28-21/h3-10,19,26,29-30H,11-12H2,1-2H3,(H,28,31)(H2,24,27,33). The van der Waals surface area contributed by atoms with Gasteiger partial charge in [0.1, 0.15) is 5.75 Å². The van der Waals surface area contributed by atoms with Crippen molar-refractivity contribution in [2.45, 2.75) is 25.5 Å². The number of hydrogen-bond acceptors (Lipinski definition) is 7. The molecular formula is C23H25N5O3S2. The number of nitrogens with one attached hydrogen (secondary N) is 4. The lowest BCUT2D eigenvalue weighted by Gasteiger charge is -2.29. The Balaban J connectivity index is 1.56. The van der Waals surface area contributed by atoms with Gasteiger partial charge in [-0.25, -0.2) is 0 Å². The van der Waals surface area contributed by atoms with E-state index in [0.29, 0.717) is 33.8 Å². The molecule has 172 valence electrons. The topological polar surface area (TPSA) is 122 Å². The first-order chi connectivity index (χ1) is 15.7. The molecule has 0 aliphatic carbocycles. The van der Waals surface area contributed by atoms with Crippen molar-refractivity contribution in [3.63, 3.8) is 0 Å². The summed E-state index contributed by atoms with van der Waals surface area (Å²) in [4.78, 5) is 18.1. The number of aliphatic hydroxyl groups excluding tert-OH is 1. The van der Waals surface area contributed by atoms with Crippen molar-refractivity contribution in [1.82, 2.24) is 15.6 Å². The van der Waals surface area contributed by atoms with Gasteiger partial charge in [0.25, 0.3) is 0 Å². The number of aromatic hydroxyl groups is 1. The maximum Gasteiger partial charge on any atom is 0.248 e. The Bertz CT molecular complexity index is 1250. The fourth-order valence-electron chi connectivity index (χ4n) is 3.24. The number of anilines is 1. The Morgan fingerprint density at radius 2 is 1.91 bits per heavy atom. The molecule has 0 radical (unpaired) electrons. The number of benzene rings is 2. The fourth-order valence-corrected chi connectivity index (χ4v) is 3.54. The normalized spacial score (nSPS) is 12.1. The first kappa shape index (κ1) is 24.5. The van der Waals surface area contributed by atoms with E-state index in [1.165, 1.54) is 12.1 Å². The summed E-state index contributed by atoms with van der Waals surface area (Å²) in [5.74, 6) is -0.0433. The number of aromatic amines is 1. The van der Waals surface area contributed by atoms with Crippen LogP contribution in [0.1, 0.15) is 25.5 Å². The van der Waals surface area contributed by atoms with Crippen LogP contribution < -0.4 is 21.5 Å². The molecule has 10 heteroatoms. The summed E-state index contributed by atoms with van der Waals surface area (Å²) in [6.45, 7) is 4.73. The highest BCUT2D eigenvalue weighted by atomic mass is 32.1. The van der Waals surface area contributed by atoms with Gasteiger partial charge >= 0.3 is 0 Å². The van der Waals surface area contributed by atoms with Gasteiger partial charge in [0.15, 0.2) is 5.11 Å². The van der Waals surface area contributed by atoms with E-state index in [0.717, 1.165) is 5.69 Å². The van der Waals surface area contributed by atoms with Gasteiger partial charge in [-0.05, 0) is 80.2 Å². The molecule has 1 heterocycles. The number of thiocarbonyl (C=S) groups is 2. The second kappa shape index (κ2) is 10.7. The summed E-state index contributed by atoms with van der Waals surface area (Å²) in [5.41, 5.74) is 1.72. The monoisotopic (exact) mass is 483 g/mol. The number of β-amino-alcohol motifs (C(OH)–C–C–N with tert-alkyl or cyclic N) is 1. The van der Waals surface area contributed by atoms with Gasteiger partial charge < -0.3 is 31.1 Å². The molecule has 0 aliphatic rings. The largest absolute Gasteiger partial charge is 0.506 e. The van der Waals surface area contributed by atoms with E-state index in [1.807, 2.05) is 26.0 Å². The van der Waals surface area contributed by atoms with Crippen LogP contribution in [0.4, 0.5) is 11.4 Å². The van der Waals surface area contributed by atoms with Crippen LogP contribution in [0.5, 0.6) is 5.75 Å². The molecule has 1 aromatic heterocycles. The number of pyridine rings is 1. The molecule has 0 spiro atoms. The molecule has 3 rings (SSSR count). The van der Waals surface area contributed by atoms with Crippen molar-refractivity contribution < 1.29 is 10.2 Å². The number of rotatable bonds is 8. The number of hydrogen-bond donors (Lipinski definition) is 6. The number of phenols is 1. The Morgan fingerprint density at radius 1 is 1.18 bits per heavy atom. The molecule has 0 saturated carbocycles. The van der Waals surface area contributed by atoms with Crippen molar-refractivity contribution >= 4 is 57.0 Å². The predicted molar refractivity (Wildman–Crippen MR) is 139 cm³/mol. The number of nitrogens with zero attached hydrogens (tertiary/aromatic N) is 1. The van der Waals surface area contributed by atoms with Gasteiger partial charge in [-0.15, -0.1) is 0 Å². The maximum absolute atomic E-state index is 11.6. The Labute approximate surface area is 201 Å². The lowest BCUT2D eigenvalue weighted by Crippen LogP contribution is -2.50. The van der Waals surface area contributed by atoms with Crippen molar-refractivity contribution in [1.29, 1.82) is 0 Å². The van der Waals surface area contributed by atoms with E-state index in [2.05, 4.69) is 43.3 Å². The van der Waals surface area contributed by atoms with E-state index in [1.54, 1.807) is 24.3 Å². The second-order valence-corrected chi connectivity index (χ2v) is 8.71. The zero-order valence-corrected chi connectivity index (χ0v) is 19.8. The zero-order valence-electron chi connectivity index (χ0n) is 18.2. The highest BCUT2D eigenvalue weighted by Crippen LogP contribution is 2.28. The molecule has 6 N–H and O–H groups in total. The summed E-state index contributed by atoms with van der Waals surface area (Å²) in [6, 6.07) is 13.4. The highest BCUT2D eigenvalue weighted by molar-refractivity contribution is 7.80. The first-order valence-electron chi connectivity index (χ1n) is 10.2. The third kappa shape index (κ3) is 6.67. The summed E-state index contributed by atoms with van der Waals surface area (Å²) >= 11 is 9.97. The van der Waals surface area contributed by atoms with Gasteiger partial charge in [-0.2, -0.15) is 4.99 Å². The van der Waals surface area contributed by atoms with Crippen LogP contribution in [0.3, 0.4) is 0 Å². The fraction of sp³-hybridized carbons (Fsp3) is 0.261. The second-order valence-electron chi connectivity index (χ2n) is 8.12. The van der Waals surface area contributed by atoms with Crippen molar-refractivity contribution in [2.75, 3.05) is 18.4 Å². The number of phenolic OH excluding ortho intramolecular Hbond substituents is 1. The number of aromatic nitrogens is 1. The molecule has 8 nitrogen and oxygen atoms in total. The molecule has 1 atom stereocenters. The van der Waals surface area contributed by atoms with Crippen LogP contribution in [-0.4, -0.2) is 44.1 Å². The first-order valence-corrected chi connectivity index (χ1v) is 11.0. The maximum atomic E-state index is 11.6. The van der Waals surface area contributed by atoms with Crippen LogP contribution in [-0.2, 0) is 0 Å². The minimum absolute atomic E-state index is 0.0433. The molecule has 0 fully saturated rings. The molecule has 1 unspecified atom stereocenters. The predicted octanol–water partition coefficient (Wildman–Crippen LogP) is 3.36. The Kier molecular flexibility index (Phi) is 7.91. The molecule has 0 saturated heterocycles. The van der Waals surface area contributed by atoms with E-state index in [4.69, 9.17) is 12.2 Å². The third-order valence-electron chi connectivity index (χ3n) is 5.03. The van der Waals surface area contributed by atoms with Crippen molar-refractivity contribution in [3.8, 4) is 5.75 Å². The number of isothiocyanates is 1. The minimum Gasteiger partial charge on any atom is -0.506 e. The zero-order chi connectivity index (χ0) is 24.0. The van der Waals surface area contributed by atoms with Gasteiger partial charge in [0.05, 0.1) is 22.5 Å². The van der Waals surface area contributed by atoms with E-state index in [-0.39, 0.29) is 17.9 Å². The van der Waals surface area contributed by atoms with E-state index < -0.39 is 11.6 Å². The van der Waals surface area contributed by atoms with E-state index in [9.17, 15) is 15.0 Å². The highest BCUT2D eigenvalue weighted by Gasteiger charge is 2.21. The molecular weight excluding hydrogens is 458 g/mol. The summed E-state index contributed by atoms with van der Waals surface area (Å²) in [7, 11) is 0. The summed E-state index contributed by atoms with van der Waals surface area (Å²) in [6.07, 6.45) is -0.850. The van der Waals surface area contributed by atoms with Gasteiger partial charge in [0, 0.05) is 35.8 Å². The van der Waals surface area contributed by atoms with Crippen LogP contribution in [0, 0.1) is 0 Å². The lowest BCUT2D eigenvalue weighted by molar-refractivity contribution is 0.162. The Hall–Kier alpha value is -3.14. The van der Waals surface area contributed by atoms with Gasteiger partial charge in [-0.3, -0.25) is 4.79 Å². The number of fused-ring (bicyclic) bond motifs is 1. The SMILES string of the molecule is CC(C)(CNC(=S)Nc1ccc(N=C=S)cc1)NCC(O)c1ccc(O)c2[nH]c(=O)ccc12. The third-order valence-corrected chi connectivity index (χ3v) is 5.37. The molecule has 3 aromatic rings. The van der Waals surface area contributed by atoms with Crippen LogP contribution in [0.25, 0.3) is 10.9 Å². The van der Waals surface area contributed by atoms with E-state index >= 15 is 0 Å². The number of aliphatic imine (C=N–C) groups is 1. The molecule has 0 amide bonds. The quantitative estimate of drug-likeness (QED) is 0.213. The number of H-pyrrole nitrogens is 1. The smallest absolute Gasteiger partial charge is 0.248 e. The van der Waals surface area contributed by atoms with Crippen molar-refractivity contribution in [2.24, 2.45) is 4.99 Å². The van der Waals surface area contributed by atoms with Gasteiger partial charge in [0.2, 0.25) is 5.56 Å². The molecule has 0 aliphatic heterocycles. The van der Waals surface area contributed by atoms with Crippen LogP contribution in [0.15, 0.2) is 58.3 Å². The van der Waals surface area contributed by atoms with Gasteiger partial charge in [-0.1, -0.05) is 6.07 Å². The summed E-state index contributed by atoms with van der Waals surface area (Å²) in [5, 5.41) is 33.8. The average molecular weight is 484 g/mol.